The van der Waals surface area contributed by atoms with E-state index in [1.54, 1.807) is 0 Å². The van der Waals surface area contributed by atoms with Crippen LogP contribution in [0.5, 0.6) is 11.5 Å². The Hall–Kier alpha value is -8.48. The first kappa shape index (κ1) is 42.4. The number of hydrogen-bond acceptors (Lipinski definition) is 3. The van der Waals surface area contributed by atoms with Gasteiger partial charge in [-0.05, 0) is 100 Å². The van der Waals surface area contributed by atoms with Gasteiger partial charge in [0, 0.05) is 72.2 Å². The molecule has 0 N–H and O–H groups in total. The molecule has 1 aliphatic heterocycles. The Morgan fingerprint density at radius 1 is 0.472 bits per heavy atom. The van der Waals surface area contributed by atoms with Crippen LogP contribution in [0.25, 0.3) is 105 Å². The predicted octanol–water partition coefficient (Wildman–Crippen LogP) is 17.2. The highest BCUT2D eigenvalue weighted by Gasteiger charge is 2.48. The molecule has 6 heterocycles. The third-order valence-corrected chi connectivity index (χ3v) is 16.4. The van der Waals surface area contributed by atoms with Gasteiger partial charge in [-0.15, -0.1) is 0 Å². The van der Waals surface area contributed by atoms with Gasteiger partial charge in [-0.2, -0.15) is 0 Å². The summed E-state index contributed by atoms with van der Waals surface area (Å²) in [6.07, 6.45) is 1.94. The molecule has 6 heteroatoms. The average molecular weight is 932 g/mol. The Morgan fingerprint density at radius 3 is 1.93 bits per heavy atom. The minimum absolute atomic E-state index is 0.0653. The van der Waals surface area contributed by atoms with Crippen molar-refractivity contribution in [1.82, 2.24) is 23.5 Å². The van der Waals surface area contributed by atoms with Crippen molar-refractivity contribution in [2.75, 3.05) is 0 Å². The number of para-hydroxylation sites is 4. The van der Waals surface area contributed by atoms with Gasteiger partial charge >= 0.3 is 0 Å². The molecular formula is C66H53N5O. The van der Waals surface area contributed by atoms with Crippen LogP contribution in [-0.4, -0.2) is 23.5 Å². The first-order chi connectivity index (χ1) is 34.9. The van der Waals surface area contributed by atoms with Crippen LogP contribution in [0.3, 0.4) is 0 Å². The lowest BCUT2D eigenvalue weighted by Gasteiger charge is -2.46. The molecule has 0 amide bonds. The van der Waals surface area contributed by atoms with Crippen LogP contribution in [0.1, 0.15) is 65.3 Å². The summed E-state index contributed by atoms with van der Waals surface area (Å²) in [6, 6.07) is 68.0. The van der Waals surface area contributed by atoms with E-state index in [4.69, 9.17) is 14.7 Å². The molecule has 13 aromatic rings. The van der Waals surface area contributed by atoms with Crippen molar-refractivity contribution in [3.05, 3.63) is 211 Å². The van der Waals surface area contributed by atoms with Gasteiger partial charge in [0.2, 0.25) is 0 Å². The van der Waals surface area contributed by atoms with Gasteiger partial charge in [-0.25, -0.2) is 9.97 Å². The third kappa shape index (κ3) is 5.96. The van der Waals surface area contributed by atoms with E-state index < -0.39 is 0 Å². The van der Waals surface area contributed by atoms with Gasteiger partial charge in [-0.3, -0.25) is 8.97 Å². The molecule has 348 valence electrons. The summed E-state index contributed by atoms with van der Waals surface area (Å²) in [6.45, 7) is 16.3. The number of hydrogen-bond donors (Lipinski definition) is 0. The topological polar surface area (TPSA) is 49.3 Å². The Labute approximate surface area is 418 Å². The molecule has 0 bridgehead atoms. The monoisotopic (exact) mass is 931 g/mol. The number of pyridine rings is 2. The molecule has 1 aliphatic rings. The summed E-state index contributed by atoms with van der Waals surface area (Å²) >= 11 is 0. The molecule has 0 saturated heterocycles. The standard InChI is InChI=1S/C66H53N5O/c1-64(2,3)42-34-35-67-58(37-42)70-56-33-28-41(46-23-16-24-51-48-22-14-15-27-55(48)69(60(46)51)43-20-12-9-13-21-43)36-52(56)49-32-30-45(39-57(49)70)72-44-29-31-47-50-25-17-26-54-61(50)71-62(66(6,7)65(54,4)5)59(40-18-10-8-11-19-40)68-63(71)53(47)38-44/h8-39H,1-7H3. The zero-order valence-corrected chi connectivity index (χ0v) is 41.6. The highest BCUT2D eigenvalue weighted by molar-refractivity contribution is 6.17. The first-order valence-electron chi connectivity index (χ1n) is 25.1. The second-order valence-corrected chi connectivity index (χ2v) is 21.9. The van der Waals surface area contributed by atoms with E-state index in [2.05, 4.69) is 250 Å². The van der Waals surface area contributed by atoms with E-state index in [0.717, 1.165) is 78.1 Å². The summed E-state index contributed by atoms with van der Waals surface area (Å²) in [7, 11) is 0. The minimum atomic E-state index is -0.230. The number of nitrogens with zero attached hydrogens (tertiary/aromatic N) is 5. The van der Waals surface area contributed by atoms with Crippen molar-refractivity contribution in [2.45, 2.75) is 64.7 Å². The van der Waals surface area contributed by atoms with Gasteiger partial charge in [0.1, 0.15) is 23.0 Å². The second kappa shape index (κ2) is 15.0. The molecule has 5 aromatic heterocycles. The fraction of sp³-hybridized carbons (Fsp3) is 0.152. The number of rotatable bonds is 6. The smallest absolute Gasteiger partial charge is 0.146 e. The number of ether oxygens (including phenoxy) is 1. The summed E-state index contributed by atoms with van der Waals surface area (Å²) < 4.78 is 14.2. The Kier molecular flexibility index (Phi) is 8.84. The van der Waals surface area contributed by atoms with Gasteiger partial charge < -0.3 is 9.30 Å². The van der Waals surface area contributed by atoms with Crippen molar-refractivity contribution in [3.8, 4) is 45.4 Å². The van der Waals surface area contributed by atoms with Crippen molar-refractivity contribution < 1.29 is 4.74 Å². The van der Waals surface area contributed by atoms with E-state index >= 15 is 0 Å². The van der Waals surface area contributed by atoms with Gasteiger partial charge in [0.05, 0.1) is 39.0 Å². The summed E-state index contributed by atoms with van der Waals surface area (Å²) in [5, 5.41) is 8.17. The van der Waals surface area contributed by atoms with Crippen LogP contribution in [0, 0.1) is 0 Å². The molecule has 0 fully saturated rings. The normalized spacial score (nSPS) is 14.3. The molecule has 0 aliphatic carbocycles. The number of benzene rings is 8. The second-order valence-electron chi connectivity index (χ2n) is 21.9. The zero-order chi connectivity index (χ0) is 48.8. The Morgan fingerprint density at radius 2 is 1.14 bits per heavy atom. The van der Waals surface area contributed by atoms with E-state index in [-0.39, 0.29) is 16.2 Å². The SMILES string of the molecule is CC(C)(C)c1ccnc(-n2c3ccc(-c4cccc5c6ccccc6n(-c6ccccc6)c45)cc3c3ccc(Oc4ccc5c(c4)c4nc(-c6ccccc6)c6n4c4c(cccc54)C(C)(C)C6(C)C)cc32)c1. The lowest BCUT2D eigenvalue weighted by atomic mass is 9.60. The maximum absolute atomic E-state index is 7.01. The van der Waals surface area contributed by atoms with Crippen LogP contribution < -0.4 is 4.74 Å². The van der Waals surface area contributed by atoms with E-state index in [0.29, 0.717) is 0 Å². The zero-order valence-electron chi connectivity index (χ0n) is 41.6. The minimum Gasteiger partial charge on any atom is -0.457 e. The third-order valence-electron chi connectivity index (χ3n) is 16.4. The Bertz CT molecular complexity index is 4390. The van der Waals surface area contributed by atoms with Crippen LogP contribution in [0.15, 0.2) is 194 Å². The van der Waals surface area contributed by atoms with E-state index in [9.17, 15) is 0 Å². The highest BCUT2D eigenvalue weighted by atomic mass is 16.5. The first-order valence-corrected chi connectivity index (χ1v) is 25.1. The van der Waals surface area contributed by atoms with Gasteiger partial charge in [0.25, 0.3) is 0 Å². The molecule has 0 radical (unpaired) electrons. The molecule has 0 spiro atoms. The molecular weight excluding hydrogens is 879 g/mol. The van der Waals surface area contributed by atoms with Crippen LogP contribution >= 0.6 is 0 Å². The Balaban J connectivity index is 0.961. The summed E-state index contributed by atoms with van der Waals surface area (Å²) in [4.78, 5) is 10.6. The lowest BCUT2D eigenvalue weighted by Crippen LogP contribution is -2.44. The maximum atomic E-state index is 7.01. The molecule has 72 heavy (non-hydrogen) atoms. The van der Waals surface area contributed by atoms with Crippen molar-refractivity contribution >= 4 is 70.9 Å². The molecule has 6 nitrogen and oxygen atoms in total. The number of fused-ring (bicyclic) bond motifs is 9. The van der Waals surface area contributed by atoms with Crippen LogP contribution in [0.4, 0.5) is 0 Å². The highest BCUT2D eigenvalue weighted by Crippen LogP contribution is 2.54. The number of aromatic nitrogens is 5. The van der Waals surface area contributed by atoms with Crippen LogP contribution in [-0.2, 0) is 16.2 Å². The molecule has 0 saturated carbocycles. The molecule has 0 unspecified atom stereocenters. The largest absolute Gasteiger partial charge is 0.457 e. The molecule has 14 rings (SSSR count). The van der Waals surface area contributed by atoms with Gasteiger partial charge in [0.15, 0.2) is 0 Å². The maximum Gasteiger partial charge on any atom is 0.146 e. The van der Waals surface area contributed by atoms with Crippen LogP contribution in [0.2, 0.25) is 0 Å². The predicted molar refractivity (Wildman–Crippen MR) is 299 cm³/mol. The summed E-state index contributed by atoms with van der Waals surface area (Å²) in [5.41, 5.74) is 15.6. The van der Waals surface area contributed by atoms with Crippen molar-refractivity contribution in [2.24, 2.45) is 0 Å². The van der Waals surface area contributed by atoms with Gasteiger partial charge in [-0.1, -0.05) is 158 Å². The fourth-order valence-corrected chi connectivity index (χ4v) is 12.1. The van der Waals surface area contributed by atoms with Crippen molar-refractivity contribution in [3.63, 3.8) is 0 Å². The quantitative estimate of drug-likeness (QED) is 0.156. The van der Waals surface area contributed by atoms with E-state index in [1.807, 2.05) is 6.20 Å². The average Bonchev–Trinajstić information content (AvgIpc) is 4.07. The summed E-state index contributed by atoms with van der Waals surface area (Å²) in [5.74, 6) is 2.36. The molecule has 0 atom stereocenters. The molecule has 8 aromatic carbocycles. The lowest BCUT2D eigenvalue weighted by molar-refractivity contribution is 0.289. The number of imidazole rings is 1. The van der Waals surface area contributed by atoms with Crippen molar-refractivity contribution in [1.29, 1.82) is 0 Å². The fourth-order valence-electron chi connectivity index (χ4n) is 12.1. The van der Waals surface area contributed by atoms with E-state index in [1.165, 1.54) is 55.1 Å².